The van der Waals surface area contributed by atoms with Crippen LogP contribution in [0.1, 0.15) is 12.7 Å². The minimum Gasteiger partial charge on any atom is -0.308 e. The molecule has 0 aliphatic heterocycles. The predicted molar refractivity (Wildman–Crippen MR) is 111 cm³/mol. The summed E-state index contributed by atoms with van der Waals surface area (Å²) in [4.78, 5) is 25.8. The Labute approximate surface area is 174 Å². The second-order valence-electron chi connectivity index (χ2n) is 6.04. The normalized spacial score (nSPS) is 12.4. The smallest absolute Gasteiger partial charge is 0.238 e. The van der Waals surface area contributed by atoms with Gasteiger partial charge in [-0.2, -0.15) is 4.52 Å². The van der Waals surface area contributed by atoms with Crippen LogP contribution in [0, 0.1) is 6.92 Å². The summed E-state index contributed by atoms with van der Waals surface area (Å²) in [6.07, 6.45) is 1.42. The first-order valence-corrected chi connectivity index (χ1v) is 9.96. The zero-order chi connectivity index (χ0) is 19.8. The zero-order valence-corrected chi connectivity index (χ0v) is 17.2. The number of thioether (sulfide) groups is 1. The maximum atomic E-state index is 12.6. The third-order valence-electron chi connectivity index (χ3n) is 3.96. The zero-order valence-electron chi connectivity index (χ0n) is 14.8. The first-order valence-electron chi connectivity index (χ1n) is 8.33. The number of anilines is 1. The van der Waals surface area contributed by atoms with Gasteiger partial charge in [-0.25, -0.2) is 15.0 Å². The van der Waals surface area contributed by atoms with Gasteiger partial charge in [0, 0.05) is 11.6 Å². The lowest BCUT2D eigenvalue weighted by Gasteiger charge is -2.13. The summed E-state index contributed by atoms with van der Waals surface area (Å²) in [6.45, 7) is 3.59. The third-order valence-corrected chi connectivity index (χ3v) is 5.49. The van der Waals surface area contributed by atoms with Crippen LogP contribution in [0.2, 0.25) is 10.0 Å². The van der Waals surface area contributed by atoms with Crippen molar-refractivity contribution in [2.75, 3.05) is 5.32 Å². The number of nitrogens with zero attached hydrogens (tertiary/aromatic N) is 5. The Balaban J connectivity index is 1.64. The van der Waals surface area contributed by atoms with Gasteiger partial charge in [0.15, 0.2) is 16.6 Å². The highest BCUT2D eigenvalue weighted by molar-refractivity contribution is 8.00. The number of benzene rings is 1. The van der Waals surface area contributed by atoms with Crippen molar-refractivity contribution in [3.8, 4) is 0 Å². The van der Waals surface area contributed by atoms with Crippen LogP contribution in [-0.4, -0.2) is 35.7 Å². The molecule has 7 nitrogen and oxygen atoms in total. The van der Waals surface area contributed by atoms with E-state index in [1.165, 1.54) is 24.0 Å². The number of para-hydroxylation sites is 1. The number of aromatic nitrogens is 5. The molecule has 1 N–H and O–H groups in total. The third kappa shape index (κ3) is 3.63. The van der Waals surface area contributed by atoms with Crippen LogP contribution in [0.4, 0.5) is 5.82 Å². The van der Waals surface area contributed by atoms with E-state index in [1.807, 2.05) is 31.2 Å². The number of fused-ring (bicyclic) bond motifs is 3. The summed E-state index contributed by atoms with van der Waals surface area (Å²) < 4.78 is 1.67. The molecular formula is C18H14Cl2N6OS. The number of carbonyl (C=O) groups excluding carboxylic acids is 1. The number of halogens is 2. The summed E-state index contributed by atoms with van der Waals surface area (Å²) in [5, 5.41) is 8.81. The predicted octanol–water partition coefficient (Wildman–Crippen LogP) is 4.41. The van der Waals surface area contributed by atoms with Crippen molar-refractivity contribution in [2.45, 2.75) is 24.3 Å². The molecule has 3 aromatic heterocycles. The summed E-state index contributed by atoms with van der Waals surface area (Å²) in [7, 11) is 0. The van der Waals surface area contributed by atoms with Crippen LogP contribution in [0.5, 0.6) is 0 Å². The lowest BCUT2D eigenvalue weighted by molar-refractivity contribution is -0.115. The van der Waals surface area contributed by atoms with E-state index in [0.29, 0.717) is 21.7 Å². The van der Waals surface area contributed by atoms with Crippen LogP contribution in [0.15, 0.2) is 41.7 Å². The number of amides is 1. The maximum absolute atomic E-state index is 12.6. The molecule has 1 unspecified atom stereocenters. The molecule has 1 amide bonds. The van der Waals surface area contributed by atoms with E-state index in [0.717, 1.165) is 10.9 Å². The van der Waals surface area contributed by atoms with Crippen molar-refractivity contribution in [1.29, 1.82) is 0 Å². The van der Waals surface area contributed by atoms with Crippen molar-refractivity contribution in [1.82, 2.24) is 24.6 Å². The van der Waals surface area contributed by atoms with Gasteiger partial charge in [-0.05, 0) is 32.0 Å². The number of hydrogen-bond donors (Lipinski definition) is 1. The Kier molecular flexibility index (Phi) is 5.09. The van der Waals surface area contributed by atoms with Crippen molar-refractivity contribution >= 4 is 63.2 Å². The average molecular weight is 433 g/mol. The van der Waals surface area contributed by atoms with E-state index in [4.69, 9.17) is 23.2 Å². The highest BCUT2D eigenvalue weighted by atomic mass is 35.5. The van der Waals surface area contributed by atoms with Gasteiger partial charge in [0.2, 0.25) is 5.91 Å². The fourth-order valence-electron chi connectivity index (χ4n) is 2.65. The van der Waals surface area contributed by atoms with Gasteiger partial charge in [0.05, 0.1) is 20.8 Å². The highest BCUT2D eigenvalue weighted by Gasteiger charge is 2.20. The van der Waals surface area contributed by atoms with Gasteiger partial charge in [-0.1, -0.05) is 47.1 Å². The fourth-order valence-corrected chi connectivity index (χ4v) is 3.93. The van der Waals surface area contributed by atoms with Gasteiger partial charge in [-0.3, -0.25) is 4.79 Å². The number of hydrogen-bond acceptors (Lipinski definition) is 6. The molecule has 0 aliphatic carbocycles. The monoisotopic (exact) mass is 432 g/mol. The molecule has 0 saturated heterocycles. The second-order valence-corrected chi connectivity index (χ2v) is 8.19. The molecule has 1 atom stereocenters. The van der Waals surface area contributed by atoms with Gasteiger partial charge < -0.3 is 5.32 Å². The van der Waals surface area contributed by atoms with Gasteiger partial charge >= 0.3 is 0 Å². The van der Waals surface area contributed by atoms with Crippen LogP contribution < -0.4 is 5.32 Å². The number of rotatable bonds is 4. The molecule has 142 valence electrons. The van der Waals surface area contributed by atoms with Crippen LogP contribution >= 0.6 is 35.0 Å². The summed E-state index contributed by atoms with van der Waals surface area (Å²) >= 11 is 13.2. The topological polar surface area (TPSA) is 85.1 Å². The molecule has 0 spiro atoms. The highest BCUT2D eigenvalue weighted by Crippen LogP contribution is 2.28. The average Bonchev–Trinajstić information content (AvgIpc) is 3.06. The van der Waals surface area contributed by atoms with Crippen molar-refractivity contribution in [3.63, 3.8) is 0 Å². The van der Waals surface area contributed by atoms with E-state index in [9.17, 15) is 4.79 Å². The Morgan fingerprint density at radius 3 is 2.82 bits per heavy atom. The molecule has 4 aromatic rings. The summed E-state index contributed by atoms with van der Waals surface area (Å²) in [5.74, 6) is 0.632. The van der Waals surface area contributed by atoms with Crippen molar-refractivity contribution in [3.05, 3.63) is 52.4 Å². The van der Waals surface area contributed by atoms with Gasteiger partial charge in [0.1, 0.15) is 5.82 Å². The molecule has 0 saturated carbocycles. The summed E-state index contributed by atoms with van der Waals surface area (Å²) in [5.41, 5.74) is 1.50. The van der Waals surface area contributed by atoms with E-state index in [2.05, 4.69) is 25.4 Å². The number of aryl methyl sites for hydroxylation is 1. The van der Waals surface area contributed by atoms with Crippen LogP contribution in [0.25, 0.3) is 16.6 Å². The van der Waals surface area contributed by atoms with Gasteiger partial charge in [0.25, 0.3) is 0 Å². The van der Waals surface area contributed by atoms with Crippen molar-refractivity contribution < 1.29 is 4.79 Å². The van der Waals surface area contributed by atoms with Crippen LogP contribution in [0.3, 0.4) is 0 Å². The van der Waals surface area contributed by atoms with E-state index < -0.39 is 5.25 Å². The molecule has 1 aromatic carbocycles. The Bertz CT molecular complexity index is 1210. The number of pyridine rings is 1. The second kappa shape index (κ2) is 7.54. The quantitative estimate of drug-likeness (QED) is 0.379. The molecule has 10 heteroatoms. The molecular weight excluding hydrogens is 419 g/mol. The molecule has 0 fully saturated rings. The first-order chi connectivity index (χ1) is 13.4. The SMILES string of the molecule is Cc1nc2c3ccccc3nc(SC(C)C(=O)Nc3ncc(Cl)cc3Cl)n2n1. The molecule has 28 heavy (non-hydrogen) atoms. The Morgan fingerprint density at radius 1 is 1.25 bits per heavy atom. The fraction of sp³-hybridized carbons (Fsp3) is 0.167. The lowest BCUT2D eigenvalue weighted by atomic mass is 10.2. The molecule has 0 bridgehead atoms. The molecule has 0 radical (unpaired) electrons. The van der Waals surface area contributed by atoms with Gasteiger partial charge in [-0.15, -0.1) is 5.10 Å². The largest absolute Gasteiger partial charge is 0.308 e. The first kappa shape index (κ1) is 18.9. The number of carbonyl (C=O) groups is 1. The molecule has 4 rings (SSSR count). The molecule has 3 heterocycles. The molecule has 0 aliphatic rings. The maximum Gasteiger partial charge on any atom is 0.238 e. The van der Waals surface area contributed by atoms with E-state index >= 15 is 0 Å². The minimum atomic E-state index is -0.477. The number of nitrogens with one attached hydrogen (secondary N) is 1. The van der Waals surface area contributed by atoms with E-state index in [1.54, 1.807) is 11.4 Å². The van der Waals surface area contributed by atoms with E-state index in [-0.39, 0.29) is 16.7 Å². The van der Waals surface area contributed by atoms with Crippen LogP contribution in [-0.2, 0) is 4.79 Å². The van der Waals surface area contributed by atoms with Crippen molar-refractivity contribution in [2.24, 2.45) is 0 Å². The standard InChI is InChI=1S/C18H14Cl2N6OS/c1-9(17(27)24-15-13(20)7-11(19)8-21-15)28-18-23-14-6-4-3-5-12(14)16-22-10(2)25-26(16)18/h3-9H,1-2H3,(H,21,24,27). The Hall–Kier alpha value is -2.42. The lowest BCUT2D eigenvalue weighted by Crippen LogP contribution is -2.23. The minimum absolute atomic E-state index is 0.261. The Morgan fingerprint density at radius 2 is 2.04 bits per heavy atom. The summed E-state index contributed by atoms with van der Waals surface area (Å²) in [6, 6.07) is 9.22.